The van der Waals surface area contributed by atoms with Crippen LogP contribution in [0.3, 0.4) is 0 Å². The van der Waals surface area contributed by atoms with Gasteiger partial charge in [-0.25, -0.2) is 9.97 Å². The Hall–Kier alpha value is -5.48. The summed E-state index contributed by atoms with van der Waals surface area (Å²) in [5.41, 5.74) is 12.2. The van der Waals surface area contributed by atoms with Gasteiger partial charge in [-0.05, 0) is 42.0 Å². The van der Waals surface area contributed by atoms with Gasteiger partial charge >= 0.3 is 0 Å². The highest BCUT2D eigenvalue weighted by Crippen LogP contribution is 2.57. The van der Waals surface area contributed by atoms with E-state index in [1.807, 2.05) is 36.4 Å². The molecule has 0 amide bonds. The highest BCUT2D eigenvalue weighted by Gasteiger charge is 2.42. The first-order valence-corrected chi connectivity index (χ1v) is 14.3. The third-order valence-electron chi connectivity index (χ3n) is 8.65. The third kappa shape index (κ3) is 3.48. The van der Waals surface area contributed by atoms with Gasteiger partial charge in [0, 0.05) is 50.9 Å². The lowest BCUT2D eigenvalue weighted by atomic mass is 9.76. The lowest BCUT2D eigenvalue weighted by molar-refractivity contribution is 0.611. The quantitative estimate of drug-likeness (QED) is 0.224. The Morgan fingerprint density at radius 3 is 2.17 bits per heavy atom. The standard InChI is InChI=1S/C38H25N3O/c1-3-8-24(9-4-1)31-23-32(40-38(39-31)27-10-5-2-6-11-27)25-14-17-29(18-15-25)41-33-13-7-12-26-16-19-30-36(35(26)33)34(41)22-28-20-21-42-37(28)30/h1-23,26,35H. The van der Waals surface area contributed by atoms with Crippen molar-refractivity contribution in [1.29, 1.82) is 0 Å². The zero-order valence-corrected chi connectivity index (χ0v) is 22.7. The number of hydrogen-bond donors (Lipinski definition) is 0. The lowest BCUT2D eigenvalue weighted by Crippen LogP contribution is -2.19. The number of rotatable bonds is 4. The Morgan fingerprint density at radius 2 is 1.40 bits per heavy atom. The van der Waals surface area contributed by atoms with Gasteiger partial charge in [-0.2, -0.15) is 0 Å². The van der Waals surface area contributed by atoms with Crippen LogP contribution in [0, 0.1) is 5.92 Å². The molecule has 0 N–H and O–H groups in total. The topological polar surface area (TPSA) is 42.2 Å². The van der Waals surface area contributed by atoms with E-state index in [-0.39, 0.29) is 0 Å². The van der Waals surface area contributed by atoms with Crippen molar-refractivity contribution >= 4 is 28.4 Å². The van der Waals surface area contributed by atoms with Crippen LogP contribution in [0.2, 0.25) is 0 Å². The molecule has 4 aromatic carbocycles. The van der Waals surface area contributed by atoms with Crippen molar-refractivity contribution in [1.82, 2.24) is 9.97 Å². The number of benzene rings is 4. The van der Waals surface area contributed by atoms with Gasteiger partial charge in [0.15, 0.2) is 5.82 Å². The Bertz CT molecular complexity index is 2030. The molecule has 1 aliphatic heterocycles. The molecule has 0 saturated carbocycles. The largest absolute Gasteiger partial charge is 0.464 e. The molecule has 2 unspecified atom stereocenters. The average molecular weight is 540 g/mol. The van der Waals surface area contributed by atoms with Gasteiger partial charge in [0.2, 0.25) is 0 Å². The molecular formula is C38H25N3O. The van der Waals surface area contributed by atoms with Crippen molar-refractivity contribution < 1.29 is 4.42 Å². The van der Waals surface area contributed by atoms with Gasteiger partial charge in [-0.1, -0.05) is 97.1 Å². The molecule has 0 radical (unpaired) electrons. The molecule has 3 aliphatic rings. The van der Waals surface area contributed by atoms with Crippen molar-refractivity contribution in [3.63, 3.8) is 0 Å². The van der Waals surface area contributed by atoms with Crippen LogP contribution in [-0.4, -0.2) is 9.97 Å². The SMILES string of the molecule is C1=CC2C=Cc3c4c(cc5ccoc35)N(c3ccc(-c5cc(-c6ccccc6)nc(-c6ccccc6)n5)cc3)C(=C1)C42. The Morgan fingerprint density at radius 1 is 0.690 bits per heavy atom. The molecule has 0 bridgehead atoms. The van der Waals surface area contributed by atoms with Gasteiger partial charge in [0.25, 0.3) is 0 Å². The molecule has 42 heavy (non-hydrogen) atoms. The number of furan rings is 1. The summed E-state index contributed by atoms with van der Waals surface area (Å²) in [5.74, 6) is 1.37. The smallest absolute Gasteiger partial charge is 0.160 e. The second kappa shape index (κ2) is 9.02. The fourth-order valence-corrected chi connectivity index (χ4v) is 6.72. The van der Waals surface area contributed by atoms with Crippen LogP contribution in [0.1, 0.15) is 17.0 Å². The number of hydrogen-bond acceptors (Lipinski definition) is 4. The van der Waals surface area contributed by atoms with Crippen LogP contribution in [0.25, 0.3) is 50.9 Å². The molecule has 4 heteroatoms. The molecule has 2 aromatic heterocycles. The number of fused-ring (bicyclic) bond motifs is 2. The Labute approximate surface area is 243 Å². The van der Waals surface area contributed by atoms with Crippen molar-refractivity contribution in [2.45, 2.75) is 5.92 Å². The third-order valence-corrected chi connectivity index (χ3v) is 8.65. The fourth-order valence-electron chi connectivity index (χ4n) is 6.72. The Kier molecular flexibility index (Phi) is 4.99. The first-order chi connectivity index (χ1) is 20.8. The summed E-state index contributed by atoms with van der Waals surface area (Å²) in [6, 6.07) is 35.7. The van der Waals surface area contributed by atoms with E-state index in [1.165, 1.54) is 22.5 Å². The van der Waals surface area contributed by atoms with Crippen LogP contribution >= 0.6 is 0 Å². The number of nitrogens with zero attached hydrogens (tertiary/aromatic N) is 3. The summed E-state index contributed by atoms with van der Waals surface area (Å²) in [6.45, 7) is 0. The second-order valence-electron chi connectivity index (χ2n) is 11.0. The molecule has 2 aliphatic carbocycles. The molecule has 3 heterocycles. The first-order valence-electron chi connectivity index (χ1n) is 14.3. The van der Waals surface area contributed by atoms with Crippen LogP contribution in [-0.2, 0) is 0 Å². The van der Waals surface area contributed by atoms with E-state index in [2.05, 4.69) is 102 Å². The van der Waals surface area contributed by atoms with Gasteiger partial charge in [-0.15, -0.1) is 0 Å². The van der Waals surface area contributed by atoms with E-state index in [0.717, 1.165) is 50.6 Å². The average Bonchev–Trinajstić information content (AvgIpc) is 3.67. The summed E-state index contributed by atoms with van der Waals surface area (Å²) in [7, 11) is 0. The van der Waals surface area contributed by atoms with E-state index in [1.54, 1.807) is 6.26 Å². The van der Waals surface area contributed by atoms with Gasteiger partial charge in [0.05, 0.1) is 23.3 Å². The highest BCUT2D eigenvalue weighted by molar-refractivity contribution is 5.98. The summed E-state index contributed by atoms with van der Waals surface area (Å²) >= 11 is 0. The second-order valence-corrected chi connectivity index (χ2v) is 11.0. The van der Waals surface area contributed by atoms with E-state index in [4.69, 9.17) is 14.4 Å². The van der Waals surface area contributed by atoms with Crippen LogP contribution in [0.5, 0.6) is 0 Å². The summed E-state index contributed by atoms with van der Waals surface area (Å²) in [6.07, 6.45) is 13.1. The zero-order valence-electron chi connectivity index (χ0n) is 22.7. The number of aromatic nitrogens is 2. The molecule has 0 saturated heterocycles. The van der Waals surface area contributed by atoms with Crippen molar-refractivity contribution in [2.24, 2.45) is 5.92 Å². The maximum atomic E-state index is 5.94. The molecule has 0 spiro atoms. The monoisotopic (exact) mass is 539 g/mol. The molecule has 198 valence electrons. The van der Waals surface area contributed by atoms with Crippen molar-refractivity contribution in [3.8, 4) is 33.9 Å². The van der Waals surface area contributed by atoms with Crippen molar-refractivity contribution in [3.05, 3.63) is 151 Å². The van der Waals surface area contributed by atoms with Gasteiger partial charge in [-0.3, -0.25) is 0 Å². The minimum atomic E-state index is 0.294. The van der Waals surface area contributed by atoms with Gasteiger partial charge in [0.1, 0.15) is 5.58 Å². The Balaban J connectivity index is 1.16. The molecule has 6 aromatic rings. The van der Waals surface area contributed by atoms with E-state index in [9.17, 15) is 0 Å². The van der Waals surface area contributed by atoms with Crippen LogP contribution < -0.4 is 4.90 Å². The minimum Gasteiger partial charge on any atom is -0.464 e. The fraction of sp³-hybridized carbons (Fsp3) is 0.0526. The zero-order chi connectivity index (χ0) is 27.6. The van der Waals surface area contributed by atoms with Crippen LogP contribution in [0.4, 0.5) is 11.4 Å². The summed E-state index contributed by atoms with van der Waals surface area (Å²) in [4.78, 5) is 12.4. The van der Waals surface area contributed by atoms with Gasteiger partial charge < -0.3 is 9.32 Å². The molecule has 4 nitrogen and oxygen atoms in total. The number of allylic oxidation sites excluding steroid dienone is 5. The lowest BCUT2D eigenvalue weighted by Gasteiger charge is -2.29. The maximum absolute atomic E-state index is 5.94. The molecule has 9 rings (SSSR count). The van der Waals surface area contributed by atoms with Crippen molar-refractivity contribution in [2.75, 3.05) is 4.90 Å². The summed E-state index contributed by atoms with van der Waals surface area (Å²) in [5, 5.41) is 1.13. The first kappa shape index (κ1) is 23.2. The maximum Gasteiger partial charge on any atom is 0.160 e. The van der Waals surface area contributed by atoms with E-state index in [0.29, 0.717) is 11.8 Å². The number of anilines is 2. The molecular weight excluding hydrogens is 514 g/mol. The normalized spacial score (nSPS) is 17.9. The summed E-state index contributed by atoms with van der Waals surface area (Å²) < 4.78 is 5.94. The minimum absolute atomic E-state index is 0.294. The molecule has 0 fully saturated rings. The van der Waals surface area contributed by atoms with E-state index < -0.39 is 0 Å². The highest BCUT2D eigenvalue weighted by atomic mass is 16.3. The predicted molar refractivity (Wildman–Crippen MR) is 169 cm³/mol. The van der Waals surface area contributed by atoms with Crippen LogP contribution in [0.15, 0.2) is 144 Å². The van der Waals surface area contributed by atoms with E-state index >= 15 is 0 Å². The molecule has 2 atom stereocenters. The predicted octanol–water partition coefficient (Wildman–Crippen LogP) is 9.56.